The van der Waals surface area contributed by atoms with Crippen LogP contribution in [0.25, 0.3) is 10.6 Å². The van der Waals surface area contributed by atoms with Crippen LogP contribution < -0.4 is 10.0 Å². The van der Waals surface area contributed by atoms with Gasteiger partial charge in [-0.15, -0.1) is 11.3 Å². The third-order valence-electron chi connectivity index (χ3n) is 4.38. The van der Waals surface area contributed by atoms with Crippen molar-refractivity contribution in [3.05, 3.63) is 40.9 Å². The summed E-state index contributed by atoms with van der Waals surface area (Å²) in [6.45, 7) is 3.50. The Morgan fingerprint density at radius 1 is 1.17 bits per heavy atom. The van der Waals surface area contributed by atoms with E-state index in [1.165, 1.54) is 55.7 Å². The quantitative estimate of drug-likeness (QED) is 0.892. The number of carboxylic acids is 1. The first-order valence-corrected chi connectivity index (χ1v) is 9.16. The predicted molar refractivity (Wildman–Crippen MR) is 89.1 cm³/mol. The minimum atomic E-state index is -1.08. The second kappa shape index (κ2) is 7.70. The van der Waals surface area contributed by atoms with E-state index in [9.17, 15) is 9.90 Å². The van der Waals surface area contributed by atoms with Gasteiger partial charge in [-0.25, -0.2) is 4.98 Å². The molecule has 0 spiro atoms. The van der Waals surface area contributed by atoms with E-state index in [0.717, 1.165) is 17.1 Å². The van der Waals surface area contributed by atoms with Gasteiger partial charge in [-0.2, -0.15) is 0 Å². The summed E-state index contributed by atoms with van der Waals surface area (Å²) >= 11 is 1.51. The molecule has 4 nitrogen and oxygen atoms in total. The molecule has 1 aliphatic heterocycles. The Morgan fingerprint density at radius 2 is 1.91 bits per heavy atom. The molecular weight excluding hydrogens is 308 g/mol. The van der Waals surface area contributed by atoms with Crippen LogP contribution in [0.5, 0.6) is 0 Å². The molecule has 0 atom stereocenters. The van der Waals surface area contributed by atoms with Gasteiger partial charge in [0.05, 0.1) is 18.8 Å². The molecular formula is C18H22N2O2S. The second-order valence-corrected chi connectivity index (χ2v) is 7.05. The van der Waals surface area contributed by atoms with Crippen LogP contribution in [0.1, 0.15) is 36.9 Å². The van der Waals surface area contributed by atoms with Crippen LogP contribution in [0.15, 0.2) is 29.6 Å². The van der Waals surface area contributed by atoms with E-state index in [2.05, 4.69) is 23.2 Å². The highest BCUT2D eigenvalue weighted by Gasteiger charge is 2.16. The van der Waals surface area contributed by atoms with Crippen LogP contribution in [-0.4, -0.2) is 24.0 Å². The van der Waals surface area contributed by atoms with Gasteiger partial charge in [-0.05, 0) is 25.7 Å². The van der Waals surface area contributed by atoms with Gasteiger partial charge in [0.2, 0.25) is 0 Å². The molecule has 0 aliphatic carbocycles. The van der Waals surface area contributed by atoms with Gasteiger partial charge < -0.3 is 14.8 Å². The minimum absolute atomic E-state index is 0.115. The highest BCUT2D eigenvalue weighted by molar-refractivity contribution is 7.13. The fraction of sp³-hybridized carbons (Fsp3) is 0.444. The van der Waals surface area contributed by atoms with Crippen molar-refractivity contribution in [2.75, 3.05) is 13.1 Å². The van der Waals surface area contributed by atoms with E-state index in [4.69, 9.17) is 0 Å². The van der Waals surface area contributed by atoms with Gasteiger partial charge in [-0.1, -0.05) is 24.3 Å². The number of benzene rings is 1. The molecule has 1 saturated heterocycles. The minimum Gasteiger partial charge on any atom is -0.550 e. The summed E-state index contributed by atoms with van der Waals surface area (Å²) in [5.41, 5.74) is 3.03. The number of carbonyl (C=O) groups is 1. The maximum atomic E-state index is 10.7. The Morgan fingerprint density at radius 3 is 2.65 bits per heavy atom. The summed E-state index contributed by atoms with van der Waals surface area (Å²) in [6.07, 6.45) is 5.21. The molecule has 0 bridgehead atoms. The fourth-order valence-electron chi connectivity index (χ4n) is 3.22. The number of rotatable bonds is 5. The monoisotopic (exact) mass is 330 g/mol. The van der Waals surface area contributed by atoms with Crippen LogP contribution >= 0.6 is 11.3 Å². The van der Waals surface area contributed by atoms with Crippen molar-refractivity contribution in [3.8, 4) is 10.6 Å². The summed E-state index contributed by atoms with van der Waals surface area (Å²) in [7, 11) is 0. The van der Waals surface area contributed by atoms with E-state index in [0.29, 0.717) is 5.69 Å². The summed E-state index contributed by atoms with van der Waals surface area (Å²) in [6, 6.07) is 8.36. The number of aliphatic carboxylic acids is 1. The average Bonchev–Trinajstić information content (AvgIpc) is 2.82. The predicted octanol–water partition coefficient (Wildman–Crippen LogP) is 1.06. The number of hydrogen-bond acceptors (Lipinski definition) is 4. The molecule has 0 amide bonds. The number of hydrogen-bond donors (Lipinski definition) is 1. The standard InChI is InChI=1S/C18H22N2O2S/c21-17(22)11-15-13-23-18(19-15)16-8-4-3-7-14(16)12-20-9-5-1-2-6-10-20/h3-4,7-8,13H,1-2,5-6,9-12H2,(H,21,22). The molecule has 2 aromatic rings. The lowest BCUT2D eigenvalue weighted by Crippen LogP contribution is -3.10. The van der Waals surface area contributed by atoms with Crippen molar-refractivity contribution < 1.29 is 14.8 Å². The van der Waals surface area contributed by atoms with Crippen LogP contribution in [-0.2, 0) is 17.8 Å². The van der Waals surface area contributed by atoms with Crippen LogP contribution in [0.4, 0.5) is 0 Å². The Balaban J connectivity index is 1.79. The molecule has 1 fully saturated rings. The average molecular weight is 330 g/mol. The van der Waals surface area contributed by atoms with Gasteiger partial charge in [0.1, 0.15) is 11.6 Å². The third kappa shape index (κ3) is 4.39. The Kier molecular flexibility index (Phi) is 5.41. The molecule has 5 heteroatoms. The maximum absolute atomic E-state index is 10.7. The molecule has 0 unspecified atom stereocenters. The van der Waals surface area contributed by atoms with Gasteiger partial charge >= 0.3 is 0 Å². The molecule has 3 rings (SSSR count). The summed E-state index contributed by atoms with van der Waals surface area (Å²) in [5.74, 6) is -1.08. The van der Waals surface area contributed by atoms with E-state index in [-0.39, 0.29) is 6.42 Å². The Labute approximate surface area is 140 Å². The van der Waals surface area contributed by atoms with Crippen LogP contribution in [0.3, 0.4) is 0 Å². The number of aromatic nitrogens is 1. The molecule has 2 heterocycles. The van der Waals surface area contributed by atoms with Crippen molar-refractivity contribution >= 4 is 17.3 Å². The number of carboxylic acid groups (broad SMARTS) is 1. The normalized spacial score (nSPS) is 16.2. The SMILES string of the molecule is O=C([O-])Cc1csc(-c2ccccc2C[NH+]2CCCCCC2)n1. The zero-order valence-corrected chi connectivity index (χ0v) is 14.0. The fourth-order valence-corrected chi connectivity index (χ4v) is 4.10. The number of likely N-dealkylation sites (tertiary alicyclic amines) is 1. The van der Waals surface area contributed by atoms with E-state index < -0.39 is 5.97 Å². The molecule has 0 radical (unpaired) electrons. The van der Waals surface area contributed by atoms with E-state index >= 15 is 0 Å². The topological polar surface area (TPSA) is 57.5 Å². The smallest absolute Gasteiger partial charge is 0.124 e. The summed E-state index contributed by atoms with van der Waals surface area (Å²) in [4.78, 5) is 16.8. The van der Waals surface area contributed by atoms with Crippen molar-refractivity contribution in [2.45, 2.75) is 38.6 Å². The van der Waals surface area contributed by atoms with Gasteiger partial charge in [0, 0.05) is 28.9 Å². The zero-order chi connectivity index (χ0) is 16.1. The summed E-state index contributed by atoms with van der Waals surface area (Å²) in [5, 5.41) is 13.5. The molecule has 23 heavy (non-hydrogen) atoms. The van der Waals surface area contributed by atoms with E-state index in [1.807, 2.05) is 11.4 Å². The van der Waals surface area contributed by atoms with Crippen molar-refractivity contribution in [1.82, 2.24) is 4.98 Å². The van der Waals surface area contributed by atoms with Crippen molar-refractivity contribution in [3.63, 3.8) is 0 Å². The van der Waals surface area contributed by atoms with Gasteiger partial charge in [0.25, 0.3) is 0 Å². The molecule has 1 aromatic carbocycles. The highest BCUT2D eigenvalue weighted by Crippen LogP contribution is 2.27. The Bertz CT molecular complexity index is 661. The first-order valence-electron chi connectivity index (χ1n) is 8.28. The van der Waals surface area contributed by atoms with E-state index in [1.54, 1.807) is 4.90 Å². The van der Waals surface area contributed by atoms with Gasteiger partial charge in [0.15, 0.2) is 0 Å². The number of thiazole rings is 1. The largest absolute Gasteiger partial charge is 0.550 e. The molecule has 1 N–H and O–H groups in total. The lowest BCUT2D eigenvalue weighted by Gasteiger charge is -2.18. The van der Waals surface area contributed by atoms with Crippen molar-refractivity contribution in [2.24, 2.45) is 0 Å². The highest BCUT2D eigenvalue weighted by atomic mass is 32.1. The number of quaternary nitrogens is 1. The lowest BCUT2D eigenvalue weighted by atomic mass is 10.1. The third-order valence-corrected chi connectivity index (χ3v) is 5.30. The zero-order valence-electron chi connectivity index (χ0n) is 13.2. The Hall–Kier alpha value is -1.72. The van der Waals surface area contributed by atoms with Crippen molar-refractivity contribution in [1.29, 1.82) is 0 Å². The number of nitrogens with one attached hydrogen (secondary N) is 1. The molecule has 122 valence electrons. The van der Waals surface area contributed by atoms with Gasteiger partial charge in [-0.3, -0.25) is 0 Å². The first-order chi connectivity index (χ1) is 11.2. The van der Waals surface area contributed by atoms with Crippen LogP contribution in [0.2, 0.25) is 0 Å². The number of nitrogens with zero attached hydrogens (tertiary/aromatic N) is 1. The summed E-state index contributed by atoms with van der Waals surface area (Å²) < 4.78 is 0. The molecule has 1 aliphatic rings. The molecule has 1 aromatic heterocycles. The van der Waals surface area contributed by atoms with Crippen LogP contribution in [0, 0.1) is 0 Å². The molecule has 0 saturated carbocycles. The second-order valence-electron chi connectivity index (χ2n) is 6.19. The first kappa shape index (κ1) is 16.1. The number of carbonyl (C=O) groups excluding carboxylic acids is 1. The maximum Gasteiger partial charge on any atom is 0.124 e. The lowest BCUT2D eigenvalue weighted by molar-refractivity contribution is -0.913.